The van der Waals surface area contributed by atoms with Crippen LogP contribution in [0.1, 0.15) is 61.6 Å². The molecule has 1 aliphatic carbocycles. The van der Waals surface area contributed by atoms with Crippen molar-refractivity contribution in [3.05, 3.63) is 52.2 Å². The highest BCUT2D eigenvalue weighted by atomic mass is 19.3. The lowest BCUT2D eigenvalue weighted by molar-refractivity contribution is 0.120. The number of fused-ring (bicyclic) bond motifs is 1. The van der Waals surface area contributed by atoms with Gasteiger partial charge in [0.25, 0.3) is 12.0 Å². The topological polar surface area (TPSA) is 77.1 Å². The number of hydrogen-bond donors (Lipinski definition) is 0. The van der Waals surface area contributed by atoms with E-state index in [0.29, 0.717) is 40.9 Å². The summed E-state index contributed by atoms with van der Waals surface area (Å²) in [5, 5.41) is 4.47. The van der Waals surface area contributed by atoms with Crippen LogP contribution in [-0.4, -0.2) is 37.6 Å². The minimum Gasteiger partial charge on any atom is -0.339 e. The Morgan fingerprint density at radius 3 is 2.73 bits per heavy atom. The molecule has 0 N–H and O–H groups in total. The second-order valence-electron chi connectivity index (χ2n) is 8.10. The second kappa shape index (κ2) is 7.86. The molecular formula is C21H23F2N5O2. The minimum atomic E-state index is -2.64. The first-order valence-electron chi connectivity index (χ1n) is 10.4. The molecule has 2 aromatic heterocycles. The fourth-order valence-corrected chi connectivity index (χ4v) is 4.40. The highest BCUT2D eigenvalue weighted by molar-refractivity contribution is 5.77. The fraction of sp³-hybridized carbons (Fsp3) is 0.524. The normalized spacial score (nSPS) is 20.3. The Morgan fingerprint density at radius 2 is 1.97 bits per heavy atom. The van der Waals surface area contributed by atoms with Gasteiger partial charge < -0.3 is 4.52 Å². The number of aromatic nitrogens is 4. The summed E-state index contributed by atoms with van der Waals surface area (Å²) in [6.45, 7) is 0.540. The lowest BCUT2D eigenvalue weighted by Crippen LogP contribution is -2.33. The van der Waals surface area contributed by atoms with Gasteiger partial charge in [-0.2, -0.15) is 4.98 Å². The Labute approximate surface area is 171 Å². The SMILES string of the molecule is O=c1c2ccccc2nc(C2CCCN2Cc2noc(C3CCC3)n2)n1CC(F)F. The third kappa shape index (κ3) is 3.51. The highest BCUT2D eigenvalue weighted by Gasteiger charge is 2.33. The van der Waals surface area contributed by atoms with Gasteiger partial charge in [-0.3, -0.25) is 14.3 Å². The quantitative estimate of drug-likeness (QED) is 0.612. The van der Waals surface area contributed by atoms with Crippen molar-refractivity contribution in [2.75, 3.05) is 6.54 Å². The zero-order chi connectivity index (χ0) is 20.7. The van der Waals surface area contributed by atoms with Crippen LogP contribution in [0, 0.1) is 0 Å². The highest BCUT2D eigenvalue weighted by Crippen LogP contribution is 2.36. The number of alkyl halides is 2. The van der Waals surface area contributed by atoms with E-state index in [1.54, 1.807) is 24.3 Å². The molecule has 158 valence electrons. The van der Waals surface area contributed by atoms with Crippen LogP contribution in [0.4, 0.5) is 8.78 Å². The average Bonchev–Trinajstić information content (AvgIpc) is 3.32. The van der Waals surface area contributed by atoms with E-state index in [9.17, 15) is 13.6 Å². The summed E-state index contributed by atoms with van der Waals surface area (Å²) < 4.78 is 33.2. The van der Waals surface area contributed by atoms with Crippen molar-refractivity contribution in [1.82, 2.24) is 24.6 Å². The van der Waals surface area contributed by atoms with Gasteiger partial charge in [-0.05, 0) is 44.4 Å². The maximum absolute atomic E-state index is 13.3. The van der Waals surface area contributed by atoms with Gasteiger partial charge in [-0.1, -0.05) is 23.7 Å². The number of para-hydroxylation sites is 1. The van der Waals surface area contributed by atoms with Gasteiger partial charge in [0.05, 0.1) is 30.0 Å². The number of likely N-dealkylation sites (tertiary alicyclic amines) is 1. The first-order valence-corrected chi connectivity index (χ1v) is 10.4. The number of rotatable bonds is 6. The van der Waals surface area contributed by atoms with Crippen LogP contribution >= 0.6 is 0 Å². The van der Waals surface area contributed by atoms with E-state index in [4.69, 9.17) is 4.52 Å². The molecule has 0 radical (unpaired) electrons. The van der Waals surface area contributed by atoms with Gasteiger partial charge in [0.2, 0.25) is 5.89 Å². The van der Waals surface area contributed by atoms with Crippen LogP contribution < -0.4 is 5.56 Å². The summed E-state index contributed by atoms with van der Waals surface area (Å²) in [7, 11) is 0. The molecular weight excluding hydrogens is 392 g/mol. The second-order valence-corrected chi connectivity index (χ2v) is 8.10. The van der Waals surface area contributed by atoms with E-state index >= 15 is 0 Å². The summed E-state index contributed by atoms with van der Waals surface area (Å²) in [6.07, 6.45) is 2.33. The van der Waals surface area contributed by atoms with Crippen LogP contribution in [0.3, 0.4) is 0 Å². The summed E-state index contributed by atoms with van der Waals surface area (Å²) in [6, 6.07) is 6.64. The van der Waals surface area contributed by atoms with Gasteiger partial charge in [0, 0.05) is 5.92 Å². The lowest BCUT2D eigenvalue weighted by atomic mass is 9.85. The smallest absolute Gasteiger partial charge is 0.261 e. The fourth-order valence-electron chi connectivity index (χ4n) is 4.40. The Balaban J connectivity index is 1.48. The molecule has 9 heteroatoms. The minimum absolute atomic E-state index is 0.244. The Hall–Kier alpha value is -2.68. The average molecular weight is 415 g/mol. The molecule has 30 heavy (non-hydrogen) atoms. The molecule has 3 aromatic rings. The largest absolute Gasteiger partial charge is 0.339 e. The zero-order valence-electron chi connectivity index (χ0n) is 16.5. The van der Waals surface area contributed by atoms with Crippen molar-refractivity contribution in [3.63, 3.8) is 0 Å². The molecule has 1 saturated heterocycles. The van der Waals surface area contributed by atoms with Crippen molar-refractivity contribution < 1.29 is 13.3 Å². The van der Waals surface area contributed by atoms with Crippen molar-refractivity contribution in [3.8, 4) is 0 Å². The molecule has 0 amide bonds. The number of halogens is 2. The Bertz CT molecular complexity index is 1110. The van der Waals surface area contributed by atoms with Crippen molar-refractivity contribution in [2.45, 2.75) is 63.6 Å². The van der Waals surface area contributed by atoms with E-state index in [2.05, 4.69) is 20.0 Å². The molecule has 1 saturated carbocycles. The van der Waals surface area contributed by atoms with E-state index in [1.165, 1.54) is 6.42 Å². The molecule has 3 heterocycles. The van der Waals surface area contributed by atoms with Gasteiger partial charge in [0.1, 0.15) is 5.82 Å². The molecule has 0 spiro atoms. The maximum atomic E-state index is 13.3. The third-order valence-corrected chi connectivity index (χ3v) is 6.16. The van der Waals surface area contributed by atoms with Gasteiger partial charge in [-0.15, -0.1) is 0 Å². The van der Waals surface area contributed by atoms with Crippen LogP contribution in [0.15, 0.2) is 33.6 Å². The maximum Gasteiger partial charge on any atom is 0.261 e. The molecule has 1 aliphatic heterocycles. The summed E-state index contributed by atoms with van der Waals surface area (Å²) in [5.74, 6) is 2.02. The van der Waals surface area contributed by atoms with E-state index in [0.717, 1.165) is 36.8 Å². The Morgan fingerprint density at radius 1 is 1.13 bits per heavy atom. The van der Waals surface area contributed by atoms with Crippen LogP contribution in [0.25, 0.3) is 10.9 Å². The summed E-state index contributed by atoms with van der Waals surface area (Å²) in [4.78, 5) is 24.2. The van der Waals surface area contributed by atoms with Crippen LogP contribution in [0.5, 0.6) is 0 Å². The van der Waals surface area contributed by atoms with Gasteiger partial charge in [0.15, 0.2) is 5.82 Å². The van der Waals surface area contributed by atoms with Gasteiger partial charge in [-0.25, -0.2) is 13.8 Å². The van der Waals surface area contributed by atoms with Crippen LogP contribution in [0.2, 0.25) is 0 Å². The molecule has 2 aliphatic rings. The van der Waals surface area contributed by atoms with Crippen LogP contribution in [-0.2, 0) is 13.1 Å². The summed E-state index contributed by atoms with van der Waals surface area (Å²) >= 11 is 0. The van der Waals surface area contributed by atoms with E-state index in [1.807, 2.05) is 0 Å². The zero-order valence-corrected chi connectivity index (χ0v) is 16.5. The van der Waals surface area contributed by atoms with Gasteiger partial charge >= 0.3 is 0 Å². The first kappa shape index (κ1) is 19.3. The number of hydrogen-bond acceptors (Lipinski definition) is 6. The predicted molar refractivity (Wildman–Crippen MR) is 105 cm³/mol. The first-order chi connectivity index (χ1) is 14.6. The number of nitrogens with zero attached hydrogens (tertiary/aromatic N) is 5. The van der Waals surface area contributed by atoms with Crippen molar-refractivity contribution >= 4 is 10.9 Å². The molecule has 1 atom stereocenters. The summed E-state index contributed by atoms with van der Waals surface area (Å²) in [5.41, 5.74) is 0.108. The molecule has 1 aromatic carbocycles. The monoisotopic (exact) mass is 415 g/mol. The van der Waals surface area contributed by atoms with Crippen molar-refractivity contribution in [2.24, 2.45) is 0 Å². The lowest BCUT2D eigenvalue weighted by Gasteiger charge is -2.25. The molecule has 7 nitrogen and oxygen atoms in total. The predicted octanol–water partition coefficient (Wildman–Crippen LogP) is 3.65. The molecule has 5 rings (SSSR count). The van der Waals surface area contributed by atoms with E-state index < -0.39 is 18.5 Å². The standard InChI is InChI=1S/C21H23F2N5O2/c22-17(23)11-28-19(24-15-8-2-1-7-14(15)21(28)29)16-9-4-10-27(16)12-18-25-20(30-26-18)13-5-3-6-13/h1-2,7-8,13,16-17H,3-6,9-12H2. The third-order valence-electron chi connectivity index (χ3n) is 6.16. The molecule has 0 bridgehead atoms. The molecule has 2 fully saturated rings. The molecule has 1 unspecified atom stereocenters. The van der Waals surface area contributed by atoms with Crippen molar-refractivity contribution in [1.29, 1.82) is 0 Å². The number of benzene rings is 1. The Kier molecular flexibility index (Phi) is 5.06. The van der Waals surface area contributed by atoms with E-state index in [-0.39, 0.29) is 6.04 Å².